The van der Waals surface area contributed by atoms with E-state index in [-0.39, 0.29) is 12.8 Å². The Morgan fingerprint density at radius 2 is 1.22 bits per heavy atom. The van der Waals surface area contributed by atoms with Crippen LogP contribution in [0.25, 0.3) is 0 Å². The summed E-state index contributed by atoms with van der Waals surface area (Å²) in [5.74, 6) is -1.07. The summed E-state index contributed by atoms with van der Waals surface area (Å²) in [5.41, 5.74) is -1.35. The lowest BCUT2D eigenvalue weighted by molar-refractivity contribution is -0.172. The van der Waals surface area contributed by atoms with Crippen LogP contribution < -0.4 is 0 Å². The summed E-state index contributed by atoms with van der Waals surface area (Å²) in [6, 6.07) is 0. The molecule has 0 saturated carbocycles. The summed E-state index contributed by atoms with van der Waals surface area (Å²) in [6.45, 7) is 12.1. The van der Waals surface area contributed by atoms with E-state index in [1.165, 1.54) is 0 Å². The molecular formula is C19H32O4. The van der Waals surface area contributed by atoms with Crippen molar-refractivity contribution in [1.82, 2.24) is 0 Å². The van der Waals surface area contributed by atoms with Crippen molar-refractivity contribution in [3.63, 3.8) is 0 Å². The van der Waals surface area contributed by atoms with E-state index in [2.05, 4.69) is 27.0 Å². The van der Waals surface area contributed by atoms with E-state index in [1.807, 2.05) is 0 Å². The Hall–Kier alpha value is -1.58. The molecule has 0 heterocycles. The summed E-state index contributed by atoms with van der Waals surface area (Å²) in [5, 5.41) is 0. The highest BCUT2D eigenvalue weighted by atomic mass is 16.6. The largest absolute Gasteiger partial charge is 0.465 e. The fourth-order valence-electron chi connectivity index (χ4n) is 2.30. The molecule has 4 heteroatoms. The lowest BCUT2D eigenvalue weighted by Crippen LogP contribution is -2.41. The molecule has 0 radical (unpaired) electrons. The number of esters is 2. The van der Waals surface area contributed by atoms with Gasteiger partial charge in [-0.3, -0.25) is 9.59 Å². The Morgan fingerprint density at radius 3 is 1.52 bits per heavy atom. The number of ether oxygens (including phenoxy) is 2. The highest BCUT2D eigenvalue weighted by molar-refractivity contribution is 6.00. The molecule has 0 atom stereocenters. The molecule has 0 aliphatic heterocycles. The minimum absolute atomic E-state index is 0.193. The highest BCUT2D eigenvalue weighted by Gasteiger charge is 2.47. The van der Waals surface area contributed by atoms with Gasteiger partial charge in [0.25, 0.3) is 0 Å². The molecule has 0 aromatic carbocycles. The normalized spacial score (nSPS) is 10.9. The van der Waals surface area contributed by atoms with Crippen molar-refractivity contribution in [1.29, 1.82) is 0 Å². The molecule has 0 rings (SSSR count). The summed E-state index contributed by atoms with van der Waals surface area (Å²) in [6.07, 6.45) is 9.17. The predicted molar refractivity (Wildman–Crippen MR) is 93.0 cm³/mol. The van der Waals surface area contributed by atoms with Crippen LogP contribution in [-0.2, 0) is 19.1 Å². The van der Waals surface area contributed by atoms with Crippen LogP contribution in [0.5, 0.6) is 0 Å². The van der Waals surface area contributed by atoms with Gasteiger partial charge in [0.2, 0.25) is 0 Å². The van der Waals surface area contributed by atoms with Gasteiger partial charge in [0.15, 0.2) is 5.41 Å². The maximum atomic E-state index is 12.5. The maximum Gasteiger partial charge on any atom is 0.324 e. The first-order valence-corrected chi connectivity index (χ1v) is 8.65. The van der Waals surface area contributed by atoms with Gasteiger partial charge in [-0.1, -0.05) is 51.7 Å². The number of hydrogen-bond acceptors (Lipinski definition) is 4. The maximum absolute atomic E-state index is 12.5. The summed E-state index contributed by atoms with van der Waals surface area (Å²) >= 11 is 0. The Kier molecular flexibility index (Phi) is 12.0. The molecule has 0 aliphatic rings. The molecule has 23 heavy (non-hydrogen) atoms. The molecule has 132 valence electrons. The van der Waals surface area contributed by atoms with Gasteiger partial charge >= 0.3 is 11.9 Å². The van der Waals surface area contributed by atoms with Crippen LogP contribution in [0.2, 0.25) is 0 Å². The van der Waals surface area contributed by atoms with Gasteiger partial charge in [0.1, 0.15) is 0 Å². The Labute approximate surface area is 140 Å². The second kappa shape index (κ2) is 12.9. The van der Waals surface area contributed by atoms with E-state index in [0.717, 1.165) is 38.5 Å². The van der Waals surface area contributed by atoms with Gasteiger partial charge in [-0.2, -0.15) is 0 Å². The molecule has 0 unspecified atom stereocenters. The van der Waals surface area contributed by atoms with Crippen LogP contribution in [0.3, 0.4) is 0 Å². The van der Waals surface area contributed by atoms with Crippen LogP contribution in [0.1, 0.15) is 65.2 Å². The zero-order valence-electron chi connectivity index (χ0n) is 14.8. The highest BCUT2D eigenvalue weighted by Crippen LogP contribution is 2.32. The van der Waals surface area contributed by atoms with Crippen LogP contribution in [0, 0.1) is 5.41 Å². The third kappa shape index (κ3) is 7.49. The second-order valence-electron chi connectivity index (χ2n) is 5.75. The fraction of sp³-hybridized carbons (Fsp3) is 0.684. The van der Waals surface area contributed by atoms with Gasteiger partial charge < -0.3 is 9.47 Å². The van der Waals surface area contributed by atoms with Gasteiger partial charge in [0, 0.05) is 0 Å². The van der Waals surface area contributed by atoms with E-state index in [4.69, 9.17) is 9.47 Å². The van der Waals surface area contributed by atoms with Crippen molar-refractivity contribution >= 4 is 11.9 Å². The Morgan fingerprint density at radius 1 is 0.826 bits per heavy atom. The molecule has 0 aliphatic carbocycles. The van der Waals surface area contributed by atoms with E-state index in [1.54, 1.807) is 12.2 Å². The van der Waals surface area contributed by atoms with Crippen molar-refractivity contribution < 1.29 is 19.1 Å². The summed E-state index contributed by atoms with van der Waals surface area (Å²) in [4.78, 5) is 25.0. The van der Waals surface area contributed by atoms with E-state index in [0.29, 0.717) is 13.2 Å². The van der Waals surface area contributed by atoms with Gasteiger partial charge in [-0.25, -0.2) is 0 Å². The van der Waals surface area contributed by atoms with Crippen LogP contribution in [0.4, 0.5) is 0 Å². The number of rotatable bonds is 14. The number of carbonyl (C=O) groups is 2. The minimum atomic E-state index is -1.35. The summed E-state index contributed by atoms with van der Waals surface area (Å²) < 4.78 is 10.7. The van der Waals surface area contributed by atoms with Crippen molar-refractivity contribution in [3.8, 4) is 0 Å². The monoisotopic (exact) mass is 324 g/mol. The van der Waals surface area contributed by atoms with Crippen LogP contribution in [0.15, 0.2) is 25.3 Å². The Bertz CT molecular complexity index is 338. The molecule has 0 aromatic rings. The fourth-order valence-corrected chi connectivity index (χ4v) is 2.30. The van der Waals surface area contributed by atoms with Crippen molar-refractivity contribution in [2.24, 2.45) is 5.41 Å². The molecule has 0 amide bonds. The van der Waals surface area contributed by atoms with Gasteiger partial charge in [0.05, 0.1) is 13.2 Å². The molecule has 0 aromatic heterocycles. The molecule has 0 N–H and O–H groups in total. The molecule has 0 spiro atoms. The molecule has 4 nitrogen and oxygen atoms in total. The molecular weight excluding hydrogens is 292 g/mol. The first kappa shape index (κ1) is 21.4. The van der Waals surface area contributed by atoms with Crippen molar-refractivity contribution in [2.75, 3.05) is 13.2 Å². The first-order chi connectivity index (χ1) is 11.1. The zero-order valence-corrected chi connectivity index (χ0v) is 14.8. The Balaban J connectivity index is 4.90. The summed E-state index contributed by atoms with van der Waals surface area (Å²) in [7, 11) is 0. The minimum Gasteiger partial charge on any atom is -0.465 e. The average molecular weight is 324 g/mol. The number of unbranched alkanes of at least 4 members (excludes halogenated alkanes) is 4. The second-order valence-corrected chi connectivity index (χ2v) is 5.75. The van der Waals surface area contributed by atoms with Gasteiger partial charge in [-0.05, 0) is 25.7 Å². The van der Waals surface area contributed by atoms with Gasteiger partial charge in [-0.15, -0.1) is 13.2 Å². The number of hydrogen-bond donors (Lipinski definition) is 0. The lowest BCUT2D eigenvalue weighted by atomic mass is 9.81. The molecule has 0 bridgehead atoms. The van der Waals surface area contributed by atoms with E-state index >= 15 is 0 Å². The third-order valence-corrected chi connectivity index (χ3v) is 3.73. The molecule has 0 fully saturated rings. The average Bonchev–Trinajstić information content (AvgIpc) is 2.54. The molecule has 0 saturated heterocycles. The SMILES string of the molecule is C=CCC(CC=C)(C(=O)OCCCCC)C(=O)OCCCCC. The zero-order chi connectivity index (χ0) is 17.6. The first-order valence-electron chi connectivity index (χ1n) is 8.65. The standard InChI is InChI=1S/C19H32O4/c1-5-9-11-15-22-17(20)19(13-7-3,14-8-4)18(21)23-16-12-10-6-2/h7-8H,3-6,9-16H2,1-2H3. The number of carbonyl (C=O) groups excluding carboxylic acids is 2. The third-order valence-electron chi connectivity index (χ3n) is 3.73. The smallest absolute Gasteiger partial charge is 0.324 e. The van der Waals surface area contributed by atoms with Crippen LogP contribution in [-0.4, -0.2) is 25.2 Å². The van der Waals surface area contributed by atoms with Crippen molar-refractivity contribution in [3.05, 3.63) is 25.3 Å². The topological polar surface area (TPSA) is 52.6 Å². The predicted octanol–water partition coefficient (Wildman–Crippen LogP) is 4.59. The number of allylic oxidation sites excluding steroid dienone is 2. The van der Waals surface area contributed by atoms with E-state index < -0.39 is 17.4 Å². The van der Waals surface area contributed by atoms with E-state index in [9.17, 15) is 9.59 Å². The van der Waals surface area contributed by atoms with Crippen LogP contribution >= 0.6 is 0 Å². The lowest BCUT2D eigenvalue weighted by Gasteiger charge is -2.27. The van der Waals surface area contributed by atoms with Crippen molar-refractivity contribution in [2.45, 2.75) is 65.2 Å². The quantitative estimate of drug-likeness (QED) is 0.203.